The Morgan fingerprint density at radius 1 is 1.32 bits per heavy atom. The van der Waals surface area contributed by atoms with E-state index in [4.69, 9.17) is 10.8 Å². The maximum Gasteiger partial charge on any atom is 0.222 e. The molecule has 5 nitrogen and oxygen atoms in total. The molecule has 5 heteroatoms. The molecule has 1 rings (SSSR count). The minimum Gasteiger partial charge on any atom is -0.310 e. The molecule has 0 fully saturated rings. The molecule has 0 spiro atoms. The maximum atomic E-state index is 11.2. The van der Waals surface area contributed by atoms with Gasteiger partial charge in [0.05, 0.1) is 5.69 Å². The number of pyridine rings is 1. The van der Waals surface area contributed by atoms with Crippen molar-refractivity contribution >= 4 is 29.7 Å². The van der Waals surface area contributed by atoms with Gasteiger partial charge in [0.2, 0.25) is 5.91 Å². The Bertz CT molecular complexity index is 569. The molecule has 0 bridgehead atoms. The Balaban J connectivity index is 3.50. The number of nitrogens with zero attached hydrogens (tertiary/aromatic N) is 1. The lowest BCUT2D eigenvalue weighted by molar-refractivity contribution is -0.114. The first kappa shape index (κ1) is 14.8. The van der Waals surface area contributed by atoms with E-state index in [2.05, 4.69) is 10.3 Å². The summed E-state index contributed by atoms with van der Waals surface area (Å²) in [6.45, 7) is 7.05. The summed E-state index contributed by atoms with van der Waals surface area (Å²) < 4.78 is 0. The van der Waals surface area contributed by atoms with Crippen LogP contribution in [0, 0.1) is 17.7 Å². The van der Waals surface area contributed by atoms with E-state index in [1.807, 2.05) is 26.8 Å². The Morgan fingerprint density at radius 3 is 2.37 bits per heavy atom. The van der Waals surface area contributed by atoms with Crippen LogP contribution < -0.4 is 5.32 Å². The summed E-state index contributed by atoms with van der Waals surface area (Å²) in [6, 6.07) is 1.82. The van der Waals surface area contributed by atoms with E-state index >= 15 is 0 Å². The highest BCUT2D eigenvalue weighted by Crippen LogP contribution is 2.22. The van der Waals surface area contributed by atoms with Gasteiger partial charge in [0.25, 0.3) is 0 Å². The summed E-state index contributed by atoms with van der Waals surface area (Å²) in [5, 5.41) is 17.5. The van der Waals surface area contributed by atoms with Crippen molar-refractivity contribution in [1.82, 2.24) is 4.98 Å². The van der Waals surface area contributed by atoms with Crippen molar-refractivity contribution in [2.75, 3.05) is 5.32 Å². The van der Waals surface area contributed by atoms with Crippen molar-refractivity contribution < 1.29 is 4.79 Å². The number of rotatable bonds is 4. The summed E-state index contributed by atoms with van der Waals surface area (Å²) in [7, 11) is 0. The van der Waals surface area contributed by atoms with Crippen molar-refractivity contribution in [2.45, 2.75) is 27.7 Å². The van der Waals surface area contributed by atoms with E-state index in [0.29, 0.717) is 22.6 Å². The number of carbonyl (C=O) groups is 1. The lowest BCUT2D eigenvalue weighted by Gasteiger charge is -2.12. The zero-order chi connectivity index (χ0) is 14.6. The highest BCUT2D eigenvalue weighted by atomic mass is 16.1. The summed E-state index contributed by atoms with van der Waals surface area (Å²) in [6.07, 6.45) is 2.42. The van der Waals surface area contributed by atoms with E-state index in [-0.39, 0.29) is 5.91 Å². The zero-order valence-corrected chi connectivity index (χ0v) is 11.6. The molecule has 1 heterocycles. The Hall–Kier alpha value is -2.30. The number of hydrogen-bond donors (Lipinski definition) is 3. The van der Waals surface area contributed by atoms with Crippen LogP contribution in [0.2, 0.25) is 0 Å². The van der Waals surface area contributed by atoms with Gasteiger partial charge >= 0.3 is 0 Å². The minimum atomic E-state index is -0.235. The topological polar surface area (TPSA) is 89.7 Å². The molecule has 3 N–H and O–H groups in total. The molecule has 0 aromatic carbocycles. The number of aryl methyl sites for hydroxylation is 1. The molecule has 1 amide bonds. The average Bonchev–Trinajstić information content (AvgIpc) is 2.28. The van der Waals surface area contributed by atoms with Crippen molar-refractivity contribution in [2.24, 2.45) is 0 Å². The van der Waals surface area contributed by atoms with Gasteiger partial charge in [-0.05, 0) is 32.4 Å². The Morgan fingerprint density at radius 2 is 1.95 bits per heavy atom. The van der Waals surface area contributed by atoms with Crippen LogP contribution in [0.3, 0.4) is 0 Å². The molecule has 1 aromatic rings. The first-order valence-electron chi connectivity index (χ1n) is 5.88. The molecule has 0 unspecified atom stereocenters. The van der Waals surface area contributed by atoms with Crippen LogP contribution in [0.15, 0.2) is 11.6 Å². The second-order valence-corrected chi connectivity index (χ2v) is 4.47. The van der Waals surface area contributed by atoms with E-state index in [1.54, 1.807) is 0 Å². The lowest BCUT2D eigenvalue weighted by Crippen LogP contribution is -2.12. The first-order valence-corrected chi connectivity index (χ1v) is 5.88. The molecular formula is C14H18N4O. The predicted octanol–water partition coefficient (Wildman–Crippen LogP) is 2.79. The highest BCUT2D eigenvalue weighted by molar-refractivity contribution is 6.09. The van der Waals surface area contributed by atoms with Crippen LogP contribution in [-0.4, -0.2) is 23.3 Å². The highest BCUT2D eigenvalue weighted by Gasteiger charge is 2.12. The molecule has 0 saturated carbocycles. The van der Waals surface area contributed by atoms with Crippen LogP contribution in [-0.2, 0) is 4.79 Å². The van der Waals surface area contributed by atoms with Gasteiger partial charge in [0, 0.05) is 30.5 Å². The van der Waals surface area contributed by atoms with E-state index in [0.717, 1.165) is 11.1 Å². The lowest BCUT2D eigenvalue weighted by atomic mass is 10.0. The second-order valence-electron chi connectivity index (χ2n) is 4.47. The third-order valence-electron chi connectivity index (χ3n) is 2.66. The summed E-state index contributed by atoms with van der Waals surface area (Å²) in [5.74, 6) is 0.124. The predicted molar refractivity (Wildman–Crippen MR) is 78.2 cm³/mol. The number of nitrogens with one attached hydrogen (secondary N) is 3. The summed E-state index contributed by atoms with van der Waals surface area (Å²) >= 11 is 0. The molecule has 1 aromatic heterocycles. The van der Waals surface area contributed by atoms with Gasteiger partial charge in [-0.25, -0.2) is 4.98 Å². The van der Waals surface area contributed by atoms with Crippen molar-refractivity contribution in [3.8, 4) is 0 Å². The monoisotopic (exact) mass is 258 g/mol. The quantitative estimate of drug-likeness (QED) is 0.725. The molecule has 0 aliphatic rings. The van der Waals surface area contributed by atoms with Crippen molar-refractivity contribution in [1.29, 1.82) is 10.8 Å². The molecule has 100 valence electrons. The third-order valence-corrected chi connectivity index (χ3v) is 2.66. The van der Waals surface area contributed by atoms with Gasteiger partial charge in [-0.15, -0.1) is 0 Å². The number of allylic oxidation sites excluding steroid dienone is 2. The number of hydrogen-bond acceptors (Lipinski definition) is 4. The normalized spacial score (nSPS) is 9.68. The molecular weight excluding hydrogens is 240 g/mol. The largest absolute Gasteiger partial charge is 0.310 e. The number of amides is 1. The second kappa shape index (κ2) is 6.04. The van der Waals surface area contributed by atoms with Crippen molar-refractivity contribution in [3.63, 3.8) is 0 Å². The van der Waals surface area contributed by atoms with Crippen LogP contribution in [0.25, 0.3) is 5.57 Å². The van der Waals surface area contributed by atoms with Gasteiger partial charge in [-0.2, -0.15) is 0 Å². The van der Waals surface area contributed by atoms with Gasteiger partial charge in [-0.1, -0.05) is 5.57 Å². The summed E-state index contributed by atoms with van der Waals surface area (Å²) in [5.41, 5.74) is 3.73. The SMILES string of the molecule is CC(=O)Nc1nc(C(C=N)=C(C)C)cc(C)c1C=N. The third kappa shape index (κ3) is 3.34. The van der Waals surface area contributed by atoms with Crippen LogP contribution >= 0.6 is 0 Å². The molecule has 0 radical (unpaired) electrons. The molecule has 19 heavy (non-hydrogen) atoms. The molecule has 0 aliphatic heterocycles. The van der Waals surface area contributed by atoms with Crippen molar-refractivity contribution in [3.05, 3.63) is 28.5 Å². The maximum absolute atomic E-state index is 11.2. The van der Waals surface area contributed by atoms with E-state index < -0.39 is 0 Å². The van der Waals surface area contributed by atoms with E-state index in [1.165, 1.54) is 19.4 Å². The fraction of sp³-hybridized carbons (Fsp3) is 0.286. The summed E-state index contributed by atoms with van der Waals surface area (Å²) in [4.78, 5) is 15.5. The van der Waals surface area contributed by atoms with Crippen LogP contribution in [0.1, 0.15) is 37.6 Å². The van der Waals surface area contributed by atoms with Gasteiger partial charge in [0.1, 0.15) is 5.82 Å². The minimum absolute atomic E-state index is 0.235. The van der Waals surface area contributed by atoms with Gasteiger partial charge in [-0.3, -0.25) is 4.79 Å². The standard InChI is InChI=1S/C14H18N4O/c1-8(2)11(6-15)13-5-9(3)12(7-16)14(18-13)17-10(4)19/h5-7,15-16H,1-4H3,(H,17,18,19). The van der Waals surface area contributed by atoms with E-state index in [9.17, 15) is 4.79 Å². The van der Waals surface area contributed by atoms with Crippen LogP contribution in [0.4, 0.5) is 5.82 Å². The Labute approximate surface area is 112 Å². The molecule has 0 aliphatic carbocycles. The number of carbonyl (C=O) groups excluding carboxylic acids is 1. The van der Waals surface area contributed by atoms with Gasteiger partial charge in [0.15, 0.2) is 0 Å². The number of anilines is 1. The fourth-order valence-corrected chi connectivity index (χ4v) is 1.74. The first-order chi connectivity index (χ1) is 8.90. The van der Waals surface area contributed by atoms with Gasteiger partial charge < -0.3 is 16.1 Å². The Kier molecular flexibility index (Phi) is 4.69. The molecule has 0 saturated heterocycles. The average molecular weight is 258 g/mol. The van der Waals surface area contributed by atoms with Crippen LogP contribution in [0.5, 0.6) is 0 Å². The fourth-order valence-electron chi connectivity index (χ4n) is 1.74. The zero-order valence-electron chi connectivity index (χ0n) is 11.6. The number of aromatic nitrogens is 1. The smallest absolute Gasteiger partial charge is 0.222 e. The molecule has 0 atom stereocenters.